The van der Waals surface area contributed by atoms with Gasteiger partial charge in [-0.15, -0.1) is 10.2 Å². The molecule has 0 atom stereocenters. The lowest BCUT2D eigenvalue weighted by atomic mass is 9.87. The highest BCUT2D eigenvalue weighted by atomic mass is 32.2. The van der Waals surface area contributed by atoms with Gasteiger partial charge in [0.05, 0.1) is 5.75 Å². The minimum atomic E-state index is 0.110. The van der Waals surface area contributed by atoms with Gasteiger partial charge in [0, 0.05) is 24.8 Å². The van der Waals surface area contributed by atoms with E-state index in [4.69, 9.17) is 0 Å². The fraction of sp³-hybridized carbons (Fsp3) is 0.348. The molecule has 0 radical (unpaired) electrons. The lowest BCUT2D eigenvalue weighted by Gasteiger charge is -2.19. The first kappa shape index (κ1) is 19.7. The van der Waals surface area contributed by atoms with Gasteiger partial charge in [-0.1, -0.05) is 75.0 Å². The number of fused-ring (bicyclic) bond motifs is 1. The Morgan fingerprint density at radius 2 is 1.79 bits per heavy atom. The van der Waals surface area contributed by atoms with Gasteiger partial charge < -0.3 is 9.47 Å². The molecule has 4 rings (SSSR count). The molecule has 1 aromatic heterocycles. The maximum absolute atomic E-state index is 12.7. The van der Waals surface area contributed by atoms with Crippen LogP contribution < -0.4 is 4.90 Å². The van der Waals surface area contributed by atoms with Crippen molar-refractivity contribution in [3.63, 3.8) is 0 Å². The number of thioether (sulfide) groups is 1. The summed E-state index contributed by atoms with van der Waals surface area (Å²) in [6.07, 6.45) is 0.922. The number of hydrogen-bond donors (Lipinski definition) is 0. The second-order valence-electron chi connectivity index (χ2n) is 8.41. The summed E-state index contributed by atoms with van der Waals surface area (Å²) in [6, 6.07) is 16.6. The molecule has 150 valence electrons. The number of carbonyl (C=O) groups excluding carboxylic acids is 1. The van der Waals surface area contributed by atoms with Crippen LogP contribution in [-0.2, 0) is 23.7 Å². The Hall–Kier alpha value is -2.60. The minimum absolute atomic E-state index is 0.110. The zero-order chi connectivity index (χ0) is 20.6. The van der Waals surface area contributed by atoms with E-state index < -0.39 is 0 Å². The third-order valence-corrected chi connectivity index (χ3v) is 6.36. The molecule has 5 nitrogen and oxygen atoms in total. The number of benzene rings is 2. The van der Waals surface area contributed by atoms with Gasteiger partial charge in [0.15, 0.2) is 11.0 Å². The maximum Gasteiger partial charge on any atom is 0.237 e. The minimum Gasteiger partial charge on any atom is -0.311 e. The zero-order valence-corrected chi connectivity index (χ0v) is 18.2. The highest BCUT2D eigenvalue weighted by molar-refractivity contribution is 7.99. The Morgan fingerprint density at radius 1 is 1.07 bits per heavy atom. The summed E-state index contributed by atoms with van der Waals surface area (Å²) < 4.78 is 1.96. The molecular weight excluding hydrogens is 380 g/mol. The van der Waals surface area contributed by atoms with E-state index in [0.29, 0.717) is 5.75 Å². The van der Waals surface area contributed by atoms with Crippen molar-refractivity contribution < 1.29 is 4.79 Å². The molecule has 1 aliphatic heterocycles. The monoisotopic (exact) mass is 406 g/mol. The van der Waals surface area contributed by atoms with Crippen LogP contribution in [0.4, 0.5) is 5.69 Å². The Balaban J connectivity index is 1.45. The Kier molecular flexibility index (Phi) is 5.21. The van der Waals surface area contributed by atoms with E-state index in [0.717, 1.165) is 35.2 Å². The normalized spacial score (nSPS) is 13.6. The number of anilines is 1. The standard InChI is InChI=1S/C23H26N4OS/c1-23(2,3)18-11-9-17(10-12-18)21-24-25-22(26(21)4)29-15-20(28)27-14-13-16-7-5-6-8-19(16)27/h5-12H,13-15H2,1-4H3. The van der Waals surface area contributed by atoms with Gasteiger partial charge in [-0.25, -0.2) is 0 Å². The zero-order valence-electron chi connectivity index (χ0n) is 17.3. The number of nitrogens with zero attached hydrogens (tertiary/aromatic N) is 4. The fourth-order valence-electron chi connectivity index (χ4n) is 3.61. The molecule has 0 saturated heterocycles. The van der Waals surface area contributed by atoms with Gasteiger partial charge in [0.2, 0.25) is 5.91 Å². The van der Waals surface area contributed by atoms with E-state index in [1.807, 2.05) is 34.7 Å². The average Bonchev–Trinajstić information content (AvgIpc) is 3.29. The lowest BCUT2D eigenvalue weighted by Crippen LogP contribution is -2.30. The molecule has 0 bridgehead atoms. The molecular formula is C23H26N4OS. The number of para-hydroxylation sites is 1. The van der Waals surface area contributed by atoms with Crippen LogP contribution in [0.5, 0.6) is 0 Å². The molecule has 0 N–H and O–H groups in total. The summed E-state index contributed by atoms with van der Waals surface area (Å²) in [4.78, 5) is 14.6. The molecule has 0 aliphatic carbocycles. The van der Waals surface area contributed by atoms with Crippen LogP contribution in [0.1, 0.15) is 31.9 Å². The second kappa shape index (κ2) is 7.67. The molecule has 29 heavy (non-hydrogen) atoms. The first-order chi connectivity index (χ1) is 13.8. The highest BCUT2D eigenvalue weighted by Gasteiger charge is 2.24. The van der Waals surface area contributed by atoms with Gasteiger partial charge in [-0.3, -0.25) is 4.79 Å². The predicted molar refractivity (Wildman–Crippen MR) is 118 cm³/mol. The van der Waals surface area contributed by atoms with Crippen molar-refractivity contribution in [1.29, 1.82) is 0 Å². The highest BCUT2D eigenvalue weighted by Crippen LogP contribution is 2.30. The van der Waals surface area contributed by atoms with Gasteiger partial charge in [0.1, 0.15) is 0 Å². The van der Waals surface area contributed by atoms with Gasteiger partial charge in [0.25, 0.3) is 0 Å². The molecule has 0 fully saturated rings. The van der Waals surface area contributed by atoms with Gasteiger partial charge in [-0.05, 0) is 29.0 Å². The molecule has 1 aliphatic rings. The molecule has 1 amide bonds. The van der Waals surface area contributed by atoms with Crippen LogP contribution in [0.15, 0.2) is 53.7 Å². The summed E-state index contributed by atoms with van der Waals surface area (Å²) in [5.41, 5.74) is 4.71. The SMILES string of the molecule is Cn1c(SCC(=O)N2CCc3ccccc32)nnc1-c1ccc(C(C)(C)C)cc1. The third-order valence-electron chi connectivity index (χ3n) is 5.36. The van der Waals surface area contributed by atoms with Crippen molar-refractivity contribution in [3.05, 3.63) is 59.7 Å². The molecule has 0 unspecified atom stereocenters. The molecule has 0 saturated carbocycles. The van der Waals surface area contributed by atoms with Crippen LogP contribution in [0.25, 0.3) is 11.4 Å². The van der Waals surface area contributed by atoms with E-state index in [9.17, 15) is 4.79 Å². The Labute approximate surface area is 176 Å². The van der Waals surface area contributed by atoms with Crippen LogP contribution in [-0.4, -0.2) is 33.0 Å². The summed E-state index contributed by atoms with van der Waals surface area (Å²) in [5.74, 6) is 1.27. The van der Waals surface area contributed by atoms with Gasteiger partial charge in [-0.2, -0.15) is 0 Å². The molecule has 6 heteroatoms. The molecule has 2 aromatic carbocycles. The van der Waals surface area contributed by atoms with Crippen molar-refractivity contribution in [2.24, 2.45) is 7.05 Å². The Bertz CT molecular complexity index is 1030. The quantitative estimate of drug-likeness (QED) is 0.600. The first-order valence-electron chi connectivity index (χ1n) is 9.86. The topological polar surface area (TPSA) is 51.0 Å². The lowest BCUT2D eigenvalue weighted by molar-refractivity contribution is -0.116. The van der Waals surface area contributed by atoms with E-state index in [1.54, 1.807) is 0 Å². The van der Waals surface area contributed by atoms with E-state index in [2.05, 4.69) is 61.3 Å². The van der Waals surface area contributed by atoms with Crippen molar-refractivity contribution in [2.45, 2.75) is 37.8 Å². The molecule has 0 spiro atoms. The van der Waals surface area contributed by atoms with Crippen molar-refractivity contribution >= 4 is 23.4 Å². The maximum atomic E-state index is 12.7. The number of amides is 1. The van der Waals surface area contributed by atoms with Crippen LogP contribution in [0.2, 0.25) is 0 Å². The van der Waals surface area contributed by atoms with E-state index in [1.165, 1.54) is 22.9 Å². The number of rotatable bonds is 4. The van der Waals surface area contributed by atoms with E-state index in [-0.39, 0.29) is 11.3 Å². The molecule has 3 aromatic rings. The average molecular weight is 407 g/mol. The van der Waals surface area contributed by atoms with Gasteiger partial charge >= 0.3 is 0 Å². The predicted octanol–water partition coefficient (Wildman–Crippen LogP) is 4.46. The van der Waals surface area contributed by atoms with Crippen molar-refractivity contribution in [2.75, 3.05) is 17.2 Å². The van der Waals surface area contributed by atoms with Crippen LogP contribution in [0, 0.1) is 0 Å². The first-order valence-corrected chi connectivity index (χ1v) is 10.8. The van der Waals surface area contributed by atoms with Crippen molar-refractivity contribution in [3.8, 4) is 11.4 Å². The summed E-state index contributed by atoms with van der Waals surface area (Å²) in [5, 5.41) is 9.42. The van der Waals surface area contributed by atoms with Crippen molar-refractivity contribution in [1.82, 2.24) is 14.8 Å². The molecule has 2 heterocycles. The smallest absolute Gasteiger partial charge is 0.237 e. The Morgan fingerprint density at radius 3 is 2.52 bits per heavy atom. The van der Waals surface area contributed by atoms with E-state index >= 15 is 0 Å². The summed E-state index contributed by atoms with van der Waals surface area (Å²) >= 11 is 1.44. The van der Waals surface area contributed by atoms with Crippen LogP contribution in [0.3, 0.4) is 0 Å². The van der Waals surface area contributed by atoms with Crippen LogP contribution >= 0.6 is 11.8 Å². The second-order valence-corrected chi connectivity index (χ2v) is 9.35. The third kappa shape index (κ3) is 3.94. The summed E-state index contributed by atoms with van der Waals surface area (Å²) in [6.45, 7) is 7.36. The number of hydrogen-bond acceptors (Lipinski definition) is 4. The fourth-order valence-corrected chi connectivity index (χ4v) is 4.40. The summed E-state index contributed by atoms with van der Waals surface area (Å²) in [7, 11) is 1.95. The number of carbonyl (C=O) groups is 1. The largest absolute Gasteiger partial charge is 0.311 e. The number of aromatic nitrogens is 3.